The van der Waals surface area contributed by atoms with Crippen LogP contribution in [0.15, 0.2) is 20.1 Å². The molecule has 1 aliphatic rings. The lowest BCUT2D eigenvalue weighted by Crippen LogP contribution is -2.24. The monoisotopic (exact) mass is 635 g/mol. The van der Waals surface area contributed by atoms with Gasteiger partial charge in [-0.3, -0.25) is 38.9 Å². The predicted molar refractivity (Wildman–Crippen MR) is 186 cm³/mol. The zero-order chi connectivity index (χ0) is 35.6. The van der Waals surface area contributed by atoms with Crippen molar-refractivity contribution in [3.8, 4) is 0 Å². The molecule has 43 heavy (non-hydrogen) atoms. The minimum absolute atomic E-state index is 0.00231. The first kappa shape index (κ1) is 55.8. The number of aliphatic imine (C=N–C) groups is 3. The van der Waals surface area contributed by atoms with Crippen LogP contribution in [0.2, 0.25) is 0 Å². The van der Waals surface area contributed by atoms with Crippen molar-refractivity contribution < 1.29 is 33.5 Å². The van der Waals surface area contributed by atoms with Gasteiger partial charge in [-0.2, -0.15) is 0 Å². The van der Waals surface area contributed by atoms with Gasteiger partial charge in [-0.05, 0) is 53.1 Å². The van der Waals surface area contributed by atoms with Gasteiger partial charge >= 0.3 is 5.97 Å². The van der Waals surface area contributed by atoms with Gasteiger partial charge in [0.25, 0.3) is 0 Å². The third-order valence-electron chi connectivity index (χ3n) is 3.36. The van der Waals surface area contributed by atoms with Crippen molar-refractivity contribution in [1.82, 2.24) is 4.90 Å². The summed E-state index contributed by atoms with van der Waals surface area (Å²) in [4.78, 5) is 66.2. The summed E-state index contributed by atoms with van der Waals surface area (Å²) in [7, 11) is 9.79. The fraction of sp³-hybridized carbons (Fsp3) is 0.700. The number of methoxy groups -OCH3 is 1. The quantitative estimate of drug-likeness (QED) is 0.234. The summed E-state index contributed by atoms with van der Waals surface area (Å²) < 4.78 is 4.11. The maximum atomic E-state index is 9.89. The number of carbonyl (C=O) groups excluding carboxylic acids is 5. The molecule has 0 spiro atoms. The van der Waals surface area contributed by atoms with Gasteiger partial charge in [0.15, 0.2) is 22.5 Å². The van der Waals surface area contributed by atoms with Crippen LogP contribution in [0.1, 0.15) is 81.6 Å². The van der Waals surface area contributed by atoms with Crippen LogP contribution in [0.25, 0.3) is 0 Å². The molecule has 0 aliphatic carbocycles. The topological polar surface area (TPSA) is 156 Å². The van der Waals surface area contributed by atoms with E-state index < -0.39 is 0 Å². The molecule has 0 aromatic heterocycles. The molecule has 0 amide bonds. The number of piperidine rings is 1. The maximum Gasteiger partial charge on any atom is 0.302 e. The number of oxime groups is 1. The van der Waals surface area contributed by atoms with Crippen LogP contribution < -0.4 is 0 Å². The number of carbonyl (C=O) groups is 5. The Labute approximate surface area is 266 Å². The van der Waals surface area contributed by atoms with E-state index in [2.05, 4.69) is 41.7 Å². The Morgan fingerprint density at radius 2 is 0.953 bits per heavy atom. The highest BCUT2D eigenvalue weighted by Crippen LogP contribution is 2.04. The van der Waals surface area contributed by atoms with Gasteiger partial charge in [0, 0.05) is 55.8 Å². The number of rotatable bonds is 4. The molecule has 1 fully saturated rings. The summed E-state index contributed by atoms with van der Waals surface area (Å²) in [5.74, 6) is -0.252. The molecule has 1 rings (SSSR count). The third kappa shape index (κ3) is 121. The van der Waals surface area contributed by atoms with Crippen LogP contribution in [-0.2, 0) is 33.5 Å². The highest BCUT2D eigenvalue weighted by Gasteiger charge is 2.02. The first-order valence-corrected chi connectivity index (χ1v) is 14.8. The van der Waals surface area contributed by atoms with E-state index in [1.807, 2.05) is 27.7 Å². The standard InChI is InChI=1S/C6H13N.3C4H7NO.C4H9NO.C3H6O2.C3H6OS.C2H6/c1-7-5-3-2-4-6-7;3*1-4(6)3-5-2;1-4(2)5-6-3;2*1-3(4)5-2;1-2/h2-6H2,1H3;3*3H,1-2H3;1-3H3;2*1-2H3;1-2H3. The van der Waals surface area contributed by atoms with Crippen molar-refractivity contribution in [2.45, 2.75) is 81.6 Å². The molecule has 0 unspecified atom stereocenters. The van der Waals surface area contributed by atoms with Gasteiger partial charge in [0.05, 0.1) is 31.5 Å². The highest BCUT2D eigenvalue weighted by atomic mass is 32.2. The van der Waals surface area contributed by atoms with Crippen molar-refractivity contribution >= 4 is 64.6 Å². The van der Waals surface area contributed by atoms with Gasteiger partial charge in [-0.25, -0.2) is 0 Å². The Morgan fingerprint density at radius 1 is 0.674 bits per heavy atom. The van der Waals surface area contributed by atoms with E-state index in [9.17, 15) is 24.0 Å². The number of ether oxygens (including phenoxy) is 1. The molecule has 0 bridgehead atoms. The van der Waals surface area contributed by atoms with E-state index in [0.29, 0.717) is 0 Å². The molecule has 0 saturated carbocycles. The average Bonchev–Trinajstić information content (AvgIpc) is 2.92. The first-order chi connectivity index (χ1) is 20.0. The number of Topliss-reactive ketones (excluding diaryl/α,β-unsaturated/α-hetero) is 3. The molecule has 1 aliphatic heterocycles. The third-order valence-corrected chi connectivity index (χ3v) is 3.94. The lowest BCUT2D eigenvalue weighted by atomic mass is 10.1. The zero-order valence-corrected chi connectivity index (χ0v) is 30.6. The Bertz CT molecular complexity index is 702. The van der Waals surface area contributed by atoms with Gasteiger partial charge in [0.1, 0.15) is 7.11 Å². The zero-order valence-electron chi connectivity index (χ0n) is 29.8. The first-order valence-electron chi connectivity index (χ1n) is 13.6. The van der Waals surface area contributed by atoms with E-state index >= 15 is 0 Å². The second kappa shape index (κ2) is 51.7. The molecule has 0 radical (unpaired) electrons. The van der Waals surface area contributed by atoms with Crippen molar-refractivity contribution in [1.29, 1.82) is 0 Å². The largest absolute Gasteiger partial charge is 0.469 e. The molecule has 12 nitrogen and oxygen atoms in total. The molecule has 0 aromatic rings. The van der Waals surface area contributed by atoms with Crippen LogP contribution in [0.5, 0.6) is 0 Å². The van der Waals surface area contributed by atoms with Gasteiger partial charge in [-0.1, -0.05) is 37.2 Å². The molecule has 13 heteroatoms. The van der Waals surface area contributed by atoms with Gasteiger partial charge in [0.2, 0.25) is 0 Å². The van der Waals surface area contributed by atoms with Crippen molar-refractivity contribution in [2.24, 2.45) is 20.1 Å². The van der Waals surface area contributed by atoms with E-state index in [0.717, 1.165) is 5.71 Å². The molecule has 0 atom stereocenters. The smallest absolute Gasteiger partial charge is 0.302 e. The maximum absolute atomic E-state index is 9.89. The normalized spacial score (nSPS) is 11.0. The van der Waals surface area contributed by atoms with Crippen LogP contribution in [-0.4, -0.2) is 119 Å². The highest BCUT2D eigenvalue weighted by molar-refractivity contribution is 8.12. The molecule has 1 saturated heterocycles. The average molecular weight is 636 g/mol. The van der Waals surface area contributed by atoms with E-state index in [-0.39, 0.29) is 28.4 Å². The summed E-state index contributed by atoms with van der Waals surface area (Å²) in [5.41, 5.74) is 0.942. The van der Waals surface area contributed by atoms with Crippen molar-refractivity contribution in [3.05, 3.63) is 0 Å². The predicted octanol–water partition coefficient (Wildman–Crippen LogP) is 5.06. The van der Waals surface area contributed by atoms with Crippen LogP contribution >= 0.6 is 11.8 Å². The fourth-order valence-electron chi connectivity index (χ4n) is 1.78. The number of ketones is 3. The summed E-state index contributed by atoms with van der Waals surface area (Å²) in [6, 6.07) is 0. The molecular formula is C30H61N5O7S. The van der Waals surface area contributed by atoms with Crippen molar-refractivity contribution in [2.75, 3.05) is 61.8 Å². The van der Waals surface area contributed by atoms with Crippen LogP contribution in [0.4, 0.5) is 0 Å². The fourth-order valence-corrected chi connectivity index (χ4v) is 1.78. The second-order valence-corrected chi connectivity index (χ2v) is 8.95. The minimum atomic E-state index is -0.245. The summed E-state index contributed by atoms with van der Waals surface area (Å²) in [6.45, 7) is 17.7. The van der Waals surface area contributed by atoms with E-state index in [4.69, 9.17) is 0 Å². The number of nitrogens with zero attached hydrogens (tertiary/aromatic N) is 5. The van der Waals surface area contributed by atoms with Crippen LogP contribution in [0.3, 0.4) is 0 Å². The van der Waals surface area contributed by atoms with Crippen LogP contribution in [0, 0.1) is 0 Å². The Balaban J connectivity index is -0.0000000698. The molecular weight excluding hydrogens is 574 g/mol. The number of thioether (sulfide) groups is 1. The summed E-state index contributed by atoms with van der Waals surface area (Å²) in [5, 5.41) is 3.71. The van der Waals surface area contributed by atoms with Gasteiger partial charge < -0.3 is 14.5 Å². The summed E-state index contributed by atoms with van der Waals surface area (Å²) in [6.07, 6.45) is 9.87. The molecule has 254 valence electrons. The Kier molecular flexibility index (Phi) is 67.1. The SMILES string of the molecule is CC.CN1CCCCC1.CN=CC(C)=O.CN=CC(C)=O.CN=CC(C)=O.COC(C)=O.CON=C(C)C.CSC(C)=O. The lowest BCUT2D eigenvalue weighted by Gasteiger charge is -2.20. The summed E-state index contributed by atoms with van der Waals surface area (Å²) >= 11 is 1.24. The Hall–Kier alpha value is -3.06. The lowest BCUT2D eigenvalue weighted by molar-refractivity contribution is -0.138. The number of hydrogen-bond acceptors (Lipinski definition) is 13. The number of likely N-dealkylation sites (tertiary alicyclic amines) is 1. The van der Waals surface area contributed by atoms with Gasteiger partial charge in [-0.15, -0.1) is 0 Å². The second-order valence-electron chi connectivity index (χ2n) is 7.97. The van der Waals surface area contributed by atoms with E-state index in [1.165, 1.54) is 105 Å². The minimum Gasteiger partial charge on any atom is -0.469 e. The molecule has 0 aromatic carbocycles. The molecule has 0 N–H and O–H groups in total. The Morgan fingerprint density at radius 3 is 1.00 bits per heavy atom. The molecule has 1 heterocycles. The van der Waals surface area contributed by atoms with E-state index in [1.54, 1.807) is 34.3 Å². The number of esters is 1. The van der Waals surface area contributed by atoms with Crippen molar-refractivity contribution in [3.63, 3.8) is 0 Å². The number of hydrogen-bond donors (Lipinski definition) is 0.